The van der Waals surface area contributed by atoms with Crippen LogP contribution in [0.1, 0.15) is 19.8 Å². The first kappa shape index (κ1) is 17.2. The zero-order valence-corrected chi connectivity index (χ0v) is 13.8. The summed E-state index contributed by atoms with van der Waals surface area (Å²) in [5, 5.41) is 0. The number of hydrogen-bond donors (Lipinski definition) is 0. The van der Waals surface area contributed by atoms with E-state index >= 15 is 0 Å². The smallest absolute Gasteiger partial charge is 0.263 e. The Morgan fingerprint density at radius 1 is 1.39 bits per heavy atom. The molecule has 1 heterocycles. The van der Waals surface area contributed by atoms with Gasteiger partial charge >= 0.3 is 0 Å². The van der Waals surface area contributed by atoms with Gasteiger partial charge in [-0.15, -0.1) is 0 Å². The van der Waals surface area contributed by atoms with Crippen LogP contribution in [0.3, 0.4) is 0 Å². The number of nitrogens with zero attached hydrogens (tertiary/aromatic N) is 2. The molecule has 1 saturated heterocycles. The third kappa shape index (κ3) is 4.43. The lowest BCUT2D eigenvalue weighted by Crippen LogP contribution is -2.48. The lowest BCUT2D eigenvalue weighted by molar-refractivity contribution is -0.143. The highest BCUT2D eigenvalue weighted by molar-refractivity contribution is 5.83. The summed E-state index contributed by atoms with van der Waals surface area (Å²) in [4.78, 5) is 27.8. The number of amides is 2. The molecule has 0 aromatic heterocycles. The fourth-order valence-corrected chi connectivity index (χ4v) is 2.80. The fraction of sp³-hybridized carbons (Fsp3) is 0.529. The van der Waals surface area contributed by atoms with Gasteiger partial charge < -0.3 is 14.5 Å². The summed E-state index contributed by atoms with van der Waals surface area (Å²) in [5.41, 5.74) is 0. The largest absolute Gasteiger partial charge is 0.481 e. The van der Waals surface area contributed by atoms with E-state index in [4.69, 9.17) is 4.74 Å². The number of piperidine rings is 1. The maximum absolute atomic E-state index is 13.2. The average Bonchev–Trinajstić information content (AvgIpc) is 2.53. The molecule has 6 heteroatoms. The van der Waals surface area contributed by atoms with Crippen molar-refractivity contribution in [2.75, 3.05) is 27.2 Å². The number of benzene rings is 1. The van der Waals surface area contributed by atoms with E-state index in [1.165, 1.54) is 18.2 Å². The molecule has 2 unspecified atom stereocenters. The van der Waals surface area contributed by atoms with Crippen LogP contribution < -0.4 is 4.74 Å². The molecule has 1 aliphatic rings. The van der Waals surface area contributed by atoms with Crippen molar-refractivity contribution in [2.24, 2.45) is 5.92 Å². The summed E-state index contributed by atoms with van der Waals surface area (Å²) in [6.07, 6.45) is 0.868. The van der Waals surface area contributed by atoms with Gasteiger partial charge in [0.15, 0.2) is 6.10 Å². The van der Waals surface area contributed by atoms with Crippen LogP contribution in [0.25, 0.3) is 0 Å². The lowest BCUT2D eigenvalue weighted by atomic mass is 9.96. The third-order valence-corrected chi connectivity index (χ3v) is 3.98. The molecule has 1 aromatic rings. The number of ether oxygens (including phenoxy) is 1. The monoisotopic (exact) mass is 322 g/mol. The molecule has 2 atom stereocenters. The number of rotatable bonds is 4. The Bertz CT molecular complexity index is 577. The lowest BCUT2D eigenvalue weighted by Gasteiger charge is -2.34. The minimum absolute atomic E-state index is 0.0428. The highest BCUT2D eigenvalue weighted by Gasteiger charge is 2.31. The highest BCUT2D eigenvalue weighted by atomic mass is 19.1. The first-order valence-electron chi connectivity index (χ1n) is 7.80. The molecule has 5 nitrogen and oxygen atoms in total. The van der Waals surface area contributed by atoms with Gasteiger partial charge in [0, 0.05) is 33.3 Å². The number of hydrogen-bond acceptors (Lipinski definition) is 3. The first-order chi connectivity index (χ1) is 10.9. The molecule has 1 aliphatic heterocycles. The predicted octanol–water partition coefficient (Wildman–Crippen LogP) is 1.92. The molecular formula is C17H23FN2O3. The van der Waals surface area contributed by atoms with Crippen LogP contribution in [0.15, 0.2) is 24.3 Å². The van der Waals surface area contributed by atoms with Gasteiger partial charge in [-0.3, -0.25) is 9.59 Å². The molecule has 0 N–H and O–H groups in total. The molecule has 2 amide bonds. The van der Waals surface area contributed by atoms with Crippen molar-refractivity contribution in [3.8, 4) is 5.75 Å². The van der Waals surface area contributed by atoms with E-state index in [0.29, 0.717) is 18.8 Å². The SMILES string of the molecule is CC(Oc1cccc(F)c1)C(=O)N1CCCC(C(=O)N(C)C)C1. The van der Waals surface area contributed by atoms with Crippen molar-refractivity contribution >= 4 is 11.8 Å². The van der Waals surface area contributed by atoms with Crippen molar-refractivity contribution in [2.45, 2.75) is 25.9 Å². The summed E-state index contributed by atoms with van der Waals surface area (Å²) in [7, 11) is 3.44. The van der Waals surface area contributed by atoms with Gasteiger partial charge in [0.25, 0.3) is 5.91 Å². The van der Waals surface area contributed by atoms with E-state index in [1.54, 1.807) is 36.9 Å². The highest BCUT2D eigenvalue weighted by Crippen LogP contribution is 2.20. The van der Waals surface area contributed by atoms with Crippen LogP contribution in [0, 0.1) is 11.7 Å². The second-order valence-corrected chi connectivity index (χ2v) is 6.07. The van der Waals surface area contributed by atoms with Gasteiger partial charge in [0.1, 0.15) is 11.6 Å². The van der Waals surface area contributed by atoms with Gasteiger partial charge in [-0.2, -0.15) is 0 Å². The van der Waals surface area contributed by atoms with E-state index in [1.807, 2.05) is 0 Å². The zero-order chi connectivity index (χ0) is 17.0. The van der Waals surface area contributed by atoms with Crippen LogP contribution in [0.5, 0.6) is 5.75 Å². The maximum atomic E-state index is 13.2. The van der Waals surface area contributed by atoms with Crippen LogP contribution in [-0.4, -0.2) is 54.9 Å². The van der Waals surface area contributed by atoms with Crippen LogP contribution in [0.4, 0.5) is 4.39 Å². The van der Waals surface area contributed by atoms with E-state index in [0.717, 1.165) is 12.8 Å². The number of carbonyl (C=O) groups excluding carboxylic acids is 2. The molecule has 23 heavy (non-hydrogen) atoms. The molecular weight excluding hydrogens is 299 g/mol. The van der Waals surface area contributed by atoms with Crippen LogP contribution in [0.2, 0.25) is 0 Å². The average molecular weight is 322 g/mol. The Morgan fingerprint density at radius 2 is 2.13 bits per heavy atom. The minimum atomic E-state index is -0.718. The molecule has 1 aromatic carbocycles. The Morgan fingerprint density at radius 3 is 2.78 bits per heavy atom. The Labute approximate surface area is 136 Å². The quantitative estimate of drug-likeness (QED) is 0.851. The molecule has 0 saturated carbocycles. The summed E-state index contributed by atoms with van der Waals surface area (Å²) in [6.45, 7) is 2.67. The molecule has 1 fully saturated rings. The van der Waals surface area contributed by atoms with E-state index in [9.17, 15) is 14.0 Å². The summed E-state index contributed by atoms with van der Waals surface area (Å²) in [5.74, 6) is -0.378. The van der Waals surface area contributed by atoms with Gasteiger partial charge in [0.05, 0.1) is 5.92 Å². The normalized spacial score (nSPS) is 19.1. The predicted molar refractivity (Wildman–Crippen MR) is 84.5 cm³/mol. The molecule has 0 radical (unpaired) electrons. The van der Waals surface area contributed by atoms with Crippen molar-refractivity contribution in [1.82, 2.24) is 9.80 Å². The molecule has 0 spiro atoms. The number of halogens is 1. The van der Waals surface area contributed by atoms with Crippen LogP contribution >= 0.6 is 0 Å². The van der Waals surface area contributed by atoms with Gasteiger partial charge in [-0.05, 0) is 31.9 Å². The van der Waals surface area contributed by atoms with Crippen molar-refractivity contribution in [3.63, 3.8) is 0 Å². The van der Waals surface area contributed by atoms with Crippen LogP contribution in [-0.2, 0) is 9.59 Å². The topological polar surface area (TPSA) is 49.9 Å². The molecule has 126 valence electrons. The van der Waals surface area contributed by atoms with Crippen molar-refractivity contribution < 1.29 is 18.7 Å². The molecule has 0 aliphatic carbocycles. The van der Waals surface area contributed by atoms with Gasteiger partial charge in [-0.1, -0.05) is 6.07 Å². The third-order valence-electron chi connectivity index (χ3n) is 3.98. The fourth-order valence-electron chi connectivity index (χ4n) is 2.80. The van der Waals surface area contributed by atoms with E-state index in [-0.39, 0.29) is 17.7 Å². The molecule has 0 bridgehead atoms. The minimum Gasteiger partial charge on any atom is -0.481 e. The Hall–Kier alpha value is -2.11. The number of likely N-dealkylation sites (tertiary alicyclic amines) is 1. The summed E-state index contributed by atoms with van der Waals surface area (Å²) in [6, 6.07) is 5.72. The Kier molecular flexibility index (Phi) is 5.58. The first-order valence-corrected chi connectivity index (χ1v) is 7.80. The van der Waals surface area contributed by atoms with E-state index < -0.39 is 11.9 Å². The van der Waals surface area contributed by atoms with Gasteiger partial charge in [-0.25, -0.2) is 4.39 Å². The summed E-state index contributed by atoms with van der Waals surface area (Å²) >= 11 is 0. The zero-order valence-electron chi connectivity index (χ0n) is 13.8. The molecule has 2 rings (SSSR count). The van der Waals surface area contributed by atoms with Crippen molar-refractivity contribution in [1.29, 1.82) is 0 Å². The van der Waals surface area contributed by atoms with Gasteiger partial charge in [0.2, 0.25) is 5.91 Å². The second-order valence-electron chi connectivity index (χ2n) is 6.07. The standard InChI is InChI=1S/C17H23FN2O3/c1-12(23-15-8-4-7-14(18)10-15)16(21)20-9-5-6-13(11-20)17(22)19(2)3/h4,7-8,10,12-13H,5-6,9,11H2,1-3H3. The van der Waals surface area contributed by atoms with E-state index in [2.05, 4.69) is 0 Å². The Balaban J connectivity index is 1.97. The summed E-state index contributed by atoms with van der Waals surface area (Å²) < 4.78 is 18.7. The maximum Gasteiger partial charge on any atom is 0.263 e. The van der Waals surface area contributed by atoms with Crippen molar-refractivity contribution in [3.05, 3.63) is 30.1 Å². The number of carbonyl (C=O) groups is 2. The second kappa shape index (κ2) is 7.44.